The molecule has 1 N–H and O–H groups in total. The van der Waals surface area contributed by atoms with E-state index in [4.69, 9.17) is 0 Å². The molecule has 2 heterocycles. The summed E-state index contributed by atoms with van der Waals surface area (Å²) in [6.45, 7) is 9.36. The van der Waals surface area contributed by atoms with E-state index in [-0.39, 0.29) is 0 Å². The van der Waals surface area contributed by atoms with E-state index in [1.54, 1.807) is 5.56 Å². The zero-order valence-electron chi connectivity index (χ0n) is 11.6. The molecule has 2 nitrogen and oxygen atoms in total. The van der Waals surface area contributed by atoms with Crippen molar-refractivity contribution in [1.29, 1.82) is 0 Å². The molecule has 0 saturated carbocycles. The average Bonchev–Trinajstić information content (AvgIpc) is 2.39. The van der Waals surface area contributed by atoms with Crippen molar-refractivity contribution in [3.05, 3.63) is 29.3 Å². The number of anilines is 1. The highest BCUT2D eigenvalue weighted by atomic mass is 15.2. The molecular formula is C16H24N2. The van der Waals surface area contributed by atoms with Crippen molar-refractivity contribution in [2.24, 2.45) is 5.41 Å². The molecule has 0 spiro atoms. The van der Waals surface area contributed by atoms with Crippen LogP contribution in [0.4, 0.5) is 5.69 Å². The highest BCUT2D eigenvalue weighted by Gasteiger charge is 2.40. The lowest BCUT2D eigenvalue weighted by molar-refractivity contribution is 0.194. The molecule has 0 aliphatic carbocycles. The van der Waals surface area contributed by atoms with Gasteiger partial charge in [-0.05, 0) is 43.0 Å². The number of benzene rings is 1. The minimum Gasteiger partial charge on any atom is -0.370 e. The first kappa shape index (κ1) is 12.0. The van der Waals surface area contributed by atoms with Crippen LogP contribution in [0.2, 0.25) is 0 Å². The number of rotatable bonds is 3. The molecule has 0 atom stereocenters. The number of hydrogen-bond donors (Lipinski definition) is 1. The van der Waals surface area contributed by atoms with Crippen LogP contribution >= 0.6 is 0 Å². The van der Waals surface area contributed by atoms with Crippen LogP contribution in [0.15, 0.2) is 18.2 Å². The summed E-state index contributed by atoms with van der Waals surface area (Å²) in [6.07, 6.45) is 3.82. The van der Waals surface area contributed by atoms with E-state index in [2.05, 4.69) is 42.3 Å². The van der Waals surface area contributed by atoms with Gasteiger partial charge < -0.3 is 10.2 Å². The highest BCUT2D eigenvalue weighted by molar-refractivity contribution is 5.59. The zero-order chi connectivity index (χ0) is 12.6. The number of hydrogen-bond acceptors (Lipinski definition) is 2. The van der Waals surface area contributed by atoms with Gasteiger partial charge in [-0.2, -0.15) is 0 Å². The molecule has 18 heavy (non-hydrogen) atoms. The molecule has 0 amide bonds. The van der Waals surface area contributed by atoms with E-state index in [1.807, 2.05) is 0 Å². The summed E-state index contributed by atoms with van der Waals surface area (Å²) >= 11 is 0. The second-order valence-corrected chi connectivity index (χ2v) is 5.90. The number of nitrogens with zero attached hydrogens (tertiary/aromatic N) is 1. The minimum absolute atomic E-state index is 0.593. The number of nitrogens with one attached hydrogen (secondary N) is 1. The van der Waals surface area contributed by atoms with Crippen molar-refractivity contribution in [3.63, 3.8) is 0 Å². The lowest BCUT2D eigenvalue weighted by Gasteiger charge is -2.52. The van der Waals surface area contributed by atoms with Crippen molar-refractivity contribution in [3.8, 4) is 0 Å². The largest absolute Gasteiger partial charge is 0.370 e. The Morgan fingerprint density at radius 3 is 2.72 bits per heavy atom. The summed E-state index contributed by atoms with van der Waals surface area (Å²) in [6, 6.07) is 6.82. The van der Waals surface area contributed by atoms with Crippen LogP contribution in [0.3, 0.4) is 0 Å². The van der Waals surface area contributed by atoms with Crippen LogP contribution in [0.5, 0.6) is 0 Å². The fourth-order valence-corrected chi connectivity index (χ4v) is 3.44. The average molecular weight is 244 g/mol. The number of fused-ring (bicyclic) bond motifs is 1. The van der Waals surface area contributed by atoms with Crippen molar-refractivity contribution < 1.29 is 0 Å². The molecule has 3 rings (SSSR count). The van der Waals surface area contributed by atoms with Crippen molar-refractivity contribution in [2.45, 2.75) is 39.7 Å². The molecule has 98 valence electrons. The van der Waals surface area contributed by atoms with E-state index < -0.39 is 0 Å². The first-order valence-corrected chi connectivity index (χ1v) is 7.34. The van der Waals surface area contributed by atoms with Crippen LogP contribution < -0.4 is 10.2 Å². The van der Waals surface area contributed by atoms with E-state index in [0.717, 1.165) is 13.1 Å². The molecule has 1 aromatic carbocycles. The van der Waals surface area contributed by atoms with E-state index in [1.165, 1.54) is 43.6 Å². The van der Waals surface area contributed by atoms with Crippen LogP contribution in [-0.4, -0.2) is 19.6 Å². The molecule has 0 radical (unpaired) electrons. The minimum atomic E-state index is 0.593. The Morgan fingerprint density at radius 2 is 2.00 bits per heavy atom. The molecule has 1 fully saturated rings. The third-order valence-electron chi connectivity index (χ3n) is 5.01. The summed E-state index contributed by atoms with van der Waals surface area (Å²) in [7, 11) is 0. The van der Waals surface area contributed by atoms with Gasteiger partial charge in [0.25, 0.3) is 0 Å². The van der Waals surface area contributed by atoms with Crippen LogP contribution in [0.1, 0.15) is 37.8 Å². The molecule has 2 aliphatic rings. The Balaban J connectivity index is 1.82. The summed E-state index contributed by atoms with van der Waals surface area (Å²) in [5, 5.41) is 3.46. The van der Waals surface area contributed by atoms with Gasteiger partial charge in [-0.3, -0.25) is 0 Å². The van der Waals surface area contributed by atoms with E-state index in [0.29, 0.717) is 5.41 Å². The van der Waals surface area contributed by atoms with Gasteiger partial charge >= 0.3 is 0 Å². The lowest BCUT2D eigenvalue weighted by Crippen LogP contribution is -2.56. The second kappa shape index (κ2) is 4.58. The summed E-state index contributed by atoms with van der Waals surface area (Å²) < 4.78 is 0. The first-order chi connectivity index (χ1) is 8.78. The molecule has 0 aromatic heterocycles. The molecule has 2 aliphatic heterocycles. The summed E-state index contributed by atoms with van der Waals surface area (Å²) in [5.74, 6) is 0. The monoisotopic (exact) mass is 244 g/mol. The fourth-order valence-electron chi connectivity index (χ4n) is 3.44. The van der Waals surface area contributed by atoms with Crippen LogP contribution in [0.25, 0.3) is 0 Å². The topological polar surface area (TPSA) is 15.3 Å². The lowest BCUT2D eigenvalue weighted by atomic mass is 9.74. The van der Waals surface area contributed by atoms with Gasteiger partial charge in [0.1, 0.15) is 0 Å². The van der Waals surface area contributed by atoms with Gasteiger partial charge in [0.15, 0.2) is 0 Å². The van der Waals surface area contributed by atoms with Crippen LogP contribution in [0, 0.1) is 5.41 Å². The third kappa shape index (κ3) is 1.83. The molecular weight excluding hydrogens is 220 g/mol. The first-order valence-electron chi connectivity index (χ1n) is 7.34. The van der Waals surface area contributed by atoms with Crippen molar-refractivity contribution >= 4 is 5.69 Å². The Bertz CT molecular complexity index is 427. The summed E-state index contributed by atoms with van der Waals surface area (Å²) in [4.78, 5) is 2.59. The third-order valence-corrected chi connectivity index (χ3v) is 5.01. The van der Waals surface area contributed by atoms with Crippen LogP contribution in [-0.2, 0) is 13.0 Å². The molecule has 1 aromatic rings. The fraction of sp³-hybridized carbons (Fsp3) is 0.625. The maximum Gasteiger partial charge on any atom is 0.0402 e. The maximum atomic E-state index is 3.46. The van der Waals surface area contributed by atoms with Gasteiger partial charge in [-0.1, -0.05) is 26.0 Å². The SMILES string of the molecule is CCC1(CC)CN(c2cccc3c2CCNC3)C1. The Kier molecular flexibility index (Phi) is 3.06. The normalized spacial score (nSPS) is 21.3. The van der Waals surface area contributed by atoms with Gasteiger partial charge in [0.05, 0.1) is 0 Å². The van der Waals surface area contributed by atoms with Gasteiger partial charge in [0, 0.05) is 30.7 Å². The zero-order valence-corrected chi connectivity index (χ0v) is 11.6. The maximum absolute atomic E-state index is 3.46. The molecule has 1 saturated heterocycles. The summed E-state index contributed by atoms with van der Waals surface area (Å²) in [5.41, 5.74) is 5.20. The Morgan fingerprint density at radius 1 is 1.22 bits per heavy atom. The predicted octanol–water partition coefficient (Wildman–Crippen LogP) is 2.96. The Labute approximate surface area is 110 Å². The molecule has 0 unspecified atom stereocenters. The second-order valence-electron chi connectivity index (χ2n) is 5.90. The standard InChI is InChI=1S/C16H24N2/c1-3-16(4-2)11-18(12-16)15-7-5-6-13-10-17-9-8-14(13)15/h5-7,17H,3-4,8-12H2,1-2H3. The molecule has 0 bridgehead atoms. The van der Waals surface area contributed by atoms with Gasteiger partial charge in [-0.15, -0.1) is 0 Å². The van der Waals surface area contributed by atoms with Crippen molar-refractivity contribution in [2.75, 3.05) is 24.5 Å². The Hall–Kier alpha value is -1.02. The van der Waals surface area contributed by atoms with Gasteiger partial charge in [-0.25, -0.2) is 0 Å². The van der Waals surface area contributed by atoms with Crippen molar-refractivity contribution in [1.82, 2.24) is 5.32 Å². The van der Waals surface area contributed by atoms with E-state index >= 15 is 0 Å². The smallest absolute Gasteiger partial charge is 0.0402 e. The molecule has 2 heteroatoms. The van der Waals surface area contributed by atoms with Gasteiger partial charge in [0.2, 0.25) is 0 Å². The highest BCUT2D eigenvalue weighted by Crippen LogP contribution is 2.41. The quantitative estimate of drug-likeness (QED) is 0.879. The van der Waals surface area contributed by atoms with E-state index in [9.17, 15) is 0 Å². The predicted molar refractivity (Wildman–Crippen MR) is 77.1 cm³/mol.